The zero-order valence-electron chi connectivity index (χ0n) is 19.6. The zero-order chi connectivity index (χ0) is 23.9. The van der Waals surface area contributed by atoms with E-state index in [-0.39, 0.29) is 16.9 Å². The van der Waals surface area contributed by atoms with E-state index in [1.54, 1.807) is 18.5 Å². The molecular weight excluding hydrogens is 452 g/mol. The minimum Gasteiger partial charge on any atom is -0.337 e. The third kappa shape index (κ3) is 4.39. The Labute approximate surface area is 199 Å². The molecular formula is C24H30N6O3S. The number of aromatic nitrogens is 4. The van der Waals surface area contributed by atoms with Crippen molar-refractivity contribution in [2.24, 2.45) is 13.0 Å². The fraction of sp³-hybridized carbons (Fsp3) is 0.458. The lowest BCUT2D eigenvalue weighted by molar-refractivity contribution is -0.120. The molecule has 10 heteroatoms. The molecule has 1 saturated heterocycles. The van der Waals surface area contributed by atoms with Crippen LogP contribution >= 0.6 is 0 Å². The number of amides is 1. The van der Waals surface area contributed by atoms with E-state index in [1.807, 2.05) is 24.3 Å². The molecule has 1 aromatic carbocycles. The van der Waals surface area contributed by atoms with Crippen LogP contribution in [0.5, 0.6) is 0 Å². The second-order valence-corrected chi connectivity index (χ2v) is 11.1. The van der Waals surface area contributed by atoms with E-state index in [2.05, 4.69) is 21.1 Å². The zero-order valence-corrected chi connectivity index (χ0v) is 20.4. The van der Waals surface area contributed by atoms with E-state index in [9.17, 15) is 13.2 Å². The van der Waals surface area contributed by atoms with Gasteiger partial charge in [0.05, 0.1) is 5.69 Å². The standard InChI is InChI=1S/C24H30N6O3S/c1-17-25-23(16-28(17)2)34(32,33)30-13-10-19(11-14-30)24(31)26-20-8-6-18(7-9-20)21-15-29-12-4-3-5-22(29)27-21/h6-9,15-16,19H,3-5,10-14H2,1-2H3,(H,26,31). The van der Waals surface area contributed by atoms with Gasteiger partial charge in [0.25, 0.3) is 10.0 Å². The summed E-state index contributed by atoms with van der Waals surface area (Å²) in [6.07, 6.45) is 8.01. The van der Waals surface area contributed by atoms with Gasteiger partial charge in [0, 0.05) is 62.7 Å². The van der Waals surface area contributed by atoms with Crippen LogP contribution in [-0.4, -0.2) is 50.8 Å². The molecule has 2 aliphatic rings. The van der Waals surface area contributed by atoms with E-state index < -0.39 is 10.0 Å². The molecule has 5 rings (SSSR count). The topological polar surface area (TPSA) is 102 Å². The summed E-state index contributed by atoms with van der Waals surface area (Å²) in [4.78, 5) is 21.7. The summed E-state index contributed by atoms with van der Waals surface area (Å²) in [6, 6.07) is 7.76. The van der Waals surface area contributed by atoms with Crippen molar-refractivity contribution in [2.45, 2.75) is 50.6 Å². The highest BCUT2D eigenvalue weighted by molar-refractivity contribution is 7.89. The minimum atomic E-state index is -3.64. The van der Waals surface area contributed by atoms with Crippen molar-refractivity contribution in [1.82, 2.24) is 23.4 Å². The van der Waals surface area contributed by atoms with Crippen molar-refractivity contribution in [2.75, 3.05) is 18.4 Å². The predicted molar refractivity (Wildman–Crippen MR) is 129 cm³/mol. The number of sulfonamides is 1. The van der Waals surface area contributed by atoms with E-state index in [0.717, 1.165) is 35.7 Å². The second-order valence-electron chi connectivity index (χ2n) is 9.18. The van der Waals surface area contributed by atoms with Crippen LogP contribution in [0.25, 0.3) is 11.3 Å². The first kappa shape index (κ1) is 22.8. The molecule has 9 nitrogen and oxygen atoms in total. The first-order valence-electron chi connectivity index (χ1n) is 11.8. The van der Waals surface area contributed by atoms with E-state index >= 15 is 0 Å². The highest BCUT2D eigenvalue weighted by Crippen LogP contribution is 2.26. The third-order valence-electron chi connectivity index (χ3n) is 6.87. The van der Waals surface area contributed by atoms with Gasteiger partial charge in [0.2, 0.25) is 5.91 Å². The van der Waals surface area contributed by atoms with Gasteiger partial charge in [-0.2, -0.15) is 4.31 Å². The molecule has 1 amide bonds. The van der Waals surface area contributed by atoms with Crippen molar-refractivity contribution in [3.8, 4) is 11.3 Å². The summed E-state index contributed by atoms with van der Waals surface area (Å²) in [5, 5.41) is 3.05. The molecule has 0 spiro atoms. The molecule has 4 heterocycles. The summed E-state index contributed by atoms with van der Waals surface area (Å²) in [6.45, 7) is 3.41. The van der Waals surface area contributed by atoms with Crippen molar-refractivity contribution < 1.29 is 13.2 Å². The van der Waals surface area contributed by atoms with Gasteiger partial charge in [0.1, 0.15) is 11.6 Å². The Bertz CT molecular complexity index is 1260. The monoisotopic (exact) mass is 482 g/mol. The van der Waals surface area contributed by atoms with Gasteiger partial charge in [0.15, 0.2) is 5.03 Å². The third-order valence-corrected chi connectivity index (χ3v) is 8.64. The van der Waals surface area contributed by atoms with Gasteiger partial charge in [-0.15, -0.1) is 0 Å². The summed E-state index contributed by atoms with van der Waals surface area (Å²) >= 11 is 0. The molecule has 0 aliphatic carbocycles. The second kappa shape index (κ2) is 8.99. The Morgan fingerprint density at radius 3 is 2.41 bits per heavy atom. The first-order chi connectivity index (χ1) is 16.3. The Balaban J connectivity index is 1.18. The molecule has 0 unspecified atom stereocenters. The van der Waals surface area contributed by atoms with Gasteiger partial charge >= 0.3 is 0 Å². The number of benzene rings is 1. The molecule has 0 radical (unpaired) electrons. The van der Waals surface area contributed by atoms with E-state index in [1.165, 1.54) is 23.3 Å². The number of anilines is 1. The van der Waals surface area contributed by atoms with Crippen LogP contribution in [-0.2, 0) is 34.8 Å². The maximum absolute atomic E-state index is 12.9. The normalized spacial score (nSPS) is 17.5. The average molecular weight is 483 g/mol. The maximum Gasteiger partial charge on any atom is 0.262 e. The van der Waals surface area contributed by atoms with Crippen LogP contribution < -0.4 is 5.32 Å². The largest absolute Gasteiger partial charge is 0.337 e. The van der Waals surface area contributed by atoms with Gasteiger partial charge in [-0.1, -0.05) is 12.1 Å². The number of aryl methyl sites for hydroxylation is 4. The Kier molecular flexibility index (Phi) is 6.03. The molecule has 34 heavy (non-hydrogen) atoms. The molecule has 2 aromatic heterocycles. The Morgan fingerprint density at radius 1 is 1.03 bits per heavy atom. The van der Waals surface area contributed by atoms with Crippen molar-refractivity contribution in [1.29, 1.82) is 0 Å². The van der Waals surface area contributed by atoms with Crippen LogP contribution in [0.3, 0.4) is 0 Å². The molecule has 2 aliphatic heterocycles. The Hall–Kier alpha value is -2.98. The van der Waals surface area contributed by atoms with Gasteiger partial charge < -0.3 is 14.5 Å². The van der Waals surface area contributed by atoms with Crippen molar-refractivity contribution in [3.63, 3.8) is 0 Å². The molecule has 0 atom stereocenters. The number of carbonyl (C=O) groups is 1. The highest BCUT2D eigenvalue weighted by atomic mass is 32.2. The fourth-order valence-electron chi connectivity index (χ4n) is 4.66. The molecule has 3 aromatic rings. The van der Waals surface area contributed by atoms with Crippen molar-refractivity contribution in [3.05, 3.63) is 48.3 Å². The van der Waals surface area contributed by atoms with Crippen LogP contribution in [0.2, 0.25) is 0 Å². The lowest BCUT2D eigenvalue weighted by Crippen LogP contribution is -2.41. The quantitative estimate of drug-likeness (QED) is 0.602. The van der Waals surface area contributed by atoms with Crippen LogP contribution in [0, 0.1) is 12.8 Å². The molecule has 0 saturated carbocycles. The van der Waals surface area contributed by atoms with E-state index in [0.29, 0.717) is 31.8 Å². The summed E-state index contributed by atoms with van der Waals surface area (Å²) in [5.41, 5.74) is 2.73. The van der Waals surface area contributed by atoms with E-state index in [4.69, 9.17) is 4.98 Å². The van der Waals surface area contributed by atoms with Crippen molar-refractivity contribution >= 4 is 21.6 Å². The number of fused-ring (bicyclic) bond motifs is 1. The maximum atomic E-state index is 12.9. The molecule has 1 fully saturated rings. The summed E-state index contributed by atoms with van der Waals surface area (Å²) < 4.78 is 31.1. The summed E-state index contributed by atoms with van der Waals surface area (Å²) in [5.74, 6) is 1.49. The molecule has 0 bridgehead atoms. The molecule has 180 valence electrons. The number of imidazole rings is 2. The van der Waals surface area contributed by atoms with Gasteiger partial charge in [-0.3, -0.25) is 4.79 Å². The lowest BCUT2D eigenvalue weighted by Gasteiger charge is -2.29. The van der Waals surface area contributed by atoms with Gasteiger partial charge in [-0.05, 0) is 44.7 Å². The minimum absolute atomic E-state index is 0.0639. The van der Waals surface area contributed by atoms with Crippen LogP contribution in [0.15, 0.2) is 41.7 Å². The van der Waals surface area contributed by atoms with Gasteiger partial charge in [-0.25, -0.2) is 18.4 Å². The lowest BCUT2D eigenvalue weighted by atomic mass is 9.97. The average Bonchev–Trinajstić information content (AvgIpc) is 3.43. The smallest absolute Gasteiger partial charge is 0.262 e. The number of nitrogens with zero attached hydrogens (tertiary/aromatic N) is 5. The number of rotatable bonds is 5. The number of piperidine rings is 1. The SMILES string of the molecule is Cc1nc(S(=O)(=O)N2CCC(C(=O)Nc3ccc(-c4cn5c(n4)CCCC5)cc3)CC2)cn1C. The number of carbonyl (C=O) groups excluding carboxylic acids is 1. The number of hydrogen-bond acceptors (Lipinski definition) is 5. The fourth-order valence-corrected chi connectivity index (χ4v) is 6.16. The molecule has 1 N–H and O–H groups in total. The Morgan fingerprint density at radius 2 is 1.76 bits per heavy atom. The first-order valence-corrected chi connectivity index (χ1v) is 13.2. The predicted octanol–water partition coefficient (Wildman–Crippen LogP) is 2.97. The highest BCUT2D eigenvalue weighted by Gasteiger charge is 2.33. The summed E-state index contributed by atoms with van der Waals surface area (Å²) in [7, 11) is -1.87. The number of nitrogens with one attached hydrogen (secondary N) is 1. The number of hydrogen-bond donors (Lipinski definition) is 1. The van der Waals surface area contributed by atoms with Crippen LogP contribution in [0.4, 0.5) is 5.69 Å². The van der Waals surface area contributed by atoms with Crippen LogP contribution in [0.1, 0.15) is 37.3 Å².